The zero-order chi connectivity index (χ0) is 17.3. The smallest absolute Gasteiger partial charge is 0.345 e. The molecule has 124 valence electrons. The number of aromatic carboxylic acids is 1. The number of thiophene rings is 1. The molecule has 1 aromatic heterocycles. The monoisotopic (exact) mass is 348 g/mol. The van der Waals surface area contributed by atoms with Gasteiger partial charge in [-0.25, -0.2) is 9.18 Å². The molecule has 2 heterocycles. The number of hydrogen-bond acceptors (Lipinski definition) is 4. The molecule has 3 rings (SSSR count). The van der Waals surface area contributed by atoms with Crippen LogP contribution in [-0.4, -0.2) is 40.9 Å². The number of carbonyl (C=O) groups excluding carboxylic acids is 2. The summed E-state index contributed by atoms with van der Waals surface area (Å²) in [7, 11) is 0. The maximum absolute atomic E-state index is 13.5. The number of amides is 2. The molecule has 0 saturated carbocycles. The second-order valence-corrected chi connectivity index (χ2v) is 6.30. The number of hydrogen-bond donors (Lipinski definition) is 2. The summed E-state index contributed by atoms with van der Waals surface area (Å²) >= 11 is 0.848. The zero-order valence-electron chi connectivity index (χ0n) is 12.4. The summed E-state index contributed by atoms with van der Waals surface area (Å²) in [5.74, 6) is -2.45. The Morgan fingerprint density at radius 2 is 2.00 bits per heavy atom. The van der Waals surface area contributed by atoms with Crippen LogP contribution >= 0.6 is 11.3 Å². The molecule has 1 aromatic carbocycles. The van der Waals surface area contributed by atoms with Gasteiger partial charge in [0.1, 0.15) is 16.7 Å². The summed E-state index contributed by atoms with van der Waals surface area (Å²) in [6.45, 7) is 0.541. The lowest BCUT2D eigenvalue weighted by atomic mass is 10.0. The molecule has 2 aromatic rings. The highest BCUT2D eigenvalue weighted by Crippen LogP contribution is 2.28. The highest BCUT2D eigenvalue weighted by molar-refractivity contribution is 7.15. The van der Waals surface area contributed by atoms with Crippen LogP contribution in [0, 0.1) is 5.82 Å². The van der Waals surface area contributed by atoms with Crippen molar-refractivity contribution in [2.24, 2.45) is 0 Å². The predicted molar refractivity (Wildman–Crippen MR) is 84.5 cm³/mol. The average molecular weight is 348 g/mol. The lowest BCUT2D eigenvalue weighted by Gasteiger charge is -2.35. The van der Waals surface area contributed by atoms with Gasteiger partial charge in [0.25, 0.3) is 5.91 Å². The third-order valence-electron chi connectivity index (χ3n) is 3.66. The van der Waals surface area contributed by atoms with Crippen LogP contribution in [0.2, 0.25) is 0 Å². The van der Waals surface area contributed by atoms with Crippen LogP contribution in [0.25, 0.3) is 0 Å². The van der Waals surface area contributed by atoms with Crippen LogP contribution in [-0.2, 0) is 4.79 Å². The van der Waals surface area contributed by atoms with Gasteiger partial charge in [-0.15, -0.1) is 11.3 Å². The van der Waals surface area contributed by atoms with Crippen molar-refractivity contribution < 1.29 is 23.9 Å². The molecule has 2 amide bonds. The number of rotatable bonds is 3. The Bertz CT molecular complexity index is 820. The van der Waals surface area contributed by atoms with Gasteiger partial charge in [0.05, 0.1) is 4.88 Å². The first-order chi connectivity index (χ1) is 11.5. The normalized spacial score (nSPS) is 17.5. The van der Waals surface area contributed by atoms with Crippen LogP contribution < -0.4 is 5.32 Å². The van der Waals surface area contributed by atoms with Crippen molar-refractivity contribution in [2.75, 3.05) is 13.1 Å². The van der Waals surface area contributed by atoms with Gasteiger partial charge in [-0.1, -0.05) is 12.1 Å². The first-order valence-electron chi connectivity index (χ1n) is 7.14. The van der Waals surface area contributed by atoms with E-state index < -0.39 is 29.6 Å². The summed E-state index contributed by atoms with van der Waals surface area (Å²) in [6.07, 6.45) is 0. The summed E-state index contributed by atoms with van der Waals surface area (Å²) in [5.41, 5.74) is 0.371. The van der Waals surface area contributed by atoms with E-state index in [4.69, 9.17) is 5.11 Å². The van der Waals surface area contributed by atoms with Crippen molar-refractivity contribution >= 4 is 29.1 Å². The van der Waals surface area contributed by atoms with Crippen LogP contribution in [0.1, 0.15) is 30.9 Å². The van der Waals surface area contributed by atoms with E-state index in [0.717, 1.165) is 11.3 Å². The van der Waals surface area contributed by atoms with Gasteiger partial charge in [-0.2, -0.15) is 0 Å². The standard InChI is InChI=1S/C16H13FN2O4S/c17-10-3-1-2-9(8-10)13-14(20)18-6-7-19(13)15(21)11-4-5-12(24-11)16(22)23/h1-5,8,13H,6-7H2,(H,18,20)(H,22,23)/t13-/m1/s1. The first-order valence-corrected chi connectivity index (χ1v) is 7.96. The number of halogens is 1. The molecule has 1 saturated heterocycles. The highest BCUT2D eigenvalue weighted by atomic mass is 32.1. The fraction of sp³-hybridized carbons (Fsp3) is 0.188. The second kappa shape index (κ2) is 6.40. The van der Waals surface area contributed by atoms with Crippen molar-refractivity contribution in [1.82, 2.24) is 10.2 Å². The molecule has 8 heteroatoms. The molecule has 0 spiro atoms. The minimum atomic E-state index is -1.11. The molecule has 1 fully saturated rings. The maximum atomic E-state index is 13.5. The van der Waals surface area contributed by atoms with Crippen molar-refractivity contribution in [3.05, 3.63) is 57.5 Å². The van der Waals surface area contributed by atoms with E-state index >= 15 is 0 Å². The van der Waals surface area contributed by atoms with Crippen LogP contribution in [0.5, 0.6) is 0 Å². The van der Waals surface area contributed by atoms with Crippen LogP contribution in [0.3, 0.4) is 0 Å². The van der Waals surface area contributed by atoms with E-state index in [0.29, 0.717) is 5.56 Å². The second-order valence-electron chi connectivity index (χ2n) is 5.22. The summed E-state index contributed by atoms with van der Waals surface area (Å²) in [4.78, 5) is 37.5. The van der Waals surface area contributed by atoms with Crippen LogP contribution in [0.4, 0.5) is 4.39 Å². The number of benzene rings is 1. The average Bonchev–Trinajstić information content (AvgIpc) is 3.04. The Morgan fingerprint density at radius 3 is 2.67 bits per heavy atom. The predicted octanol–water partition coefficient (Wildman–Crippen LogP) is 1.90. The van der Waals surface area contributed by atoms with Gasteiger partial charge in [0.15, 0.2) is 0 Å². The third kappa shape index (κ3) is 3.00. The summed E-state index contributed by atoms with van der Waals surface area (Å²) in [6, 6.07) is 7.35. The van der Waals surface area contributed by atoms with Gasteiger partial charge in [0.2, 0.25) is 5.91 Å². The van der Waals surface area contributed by atoms with E-state index in [-0.39, 0.29) is 22.8 Å². The van der Waals surface area contributed by atoms with E-state index in [1.165, 1.54) is 35.2 Å². The fourth-order valence-corrected chi connectivity index (χ4v) is 3.40. The van der Waals surface area contributed by atoms with Crippen molar-refractivity contribution in [1.29, 1.82) is 0 Å². The van der Waals surface area contributed by atoms with Gasteiger partial charge >= 0.3 is 5.97 Å². The molecule has 2 N–H and O–H groups in total. The number of nitrogens with one attached hydrogen (secondary N) is 1. The number of carboxylic acid groups (broad SMARTS) is 1. The molecule has 0 unspecified atom stereocenters. The van der Waals surface area contributed by atoms with E-state index in [1.54, 1.807) is 6.07 Å². The molecule has 0 aliphatic carbocycles. The van der Waals surface area contributed by atoms with Crippen molar-refractivity contribution in [3.8, 4) is 0 Å². The number of piperazine rings is 1. The highest BCUT2D eigenvalue weighted by Gasteiger charge is 2.35. The lowest BCUT2D eigenvalue weighted by Crippen LogP contribution is -2.52. The third-order valence-corrected chi connectivity index (χ3v) is 4.73. The Labute approximate surface area is 140 Å². The van der Waals surface area contributed by atoms with E-state index in [1.807, 2.05) is 0 Å². The Kier molecular flexibility index (Phi) is 4.30. The minimum absolute atomic E-state index is 0.0436. The molecule has 1 atom stereocenters. The molecule has 0 radical (unpaired) electrons. The molecule has 6 nitrogen and oxygen atoms in total. The zero-order valence-corrected chi connectivity index (χ0v) is 13.2. The molecule has 24 heavy (non-hydrogen) atoms. The Morgan fingerprint density at radius 1 is 1.25 bits per heavy atom. The quantitative estimate of drug-likeness (QED) is 0.887. The minimum Gasteiger partial charge on any atom is -0.477 e. The molecule has 1 aliphatic heterocycles. The lowest BCUT2D eigenvalue weighted by molar-refractivity contribution is -0.128. The Balaban J connectivity index is 1.95. The van der Waals surface area contributed by atoms with Gasteiger partial charge in [0, 0.05) is 13.1 Å². The van der Waals surface area contributed by atoms with Crippen molar-refractivity contribution in [3.63, 3.8) is 0 Å². The SMILES string of the molecule is O=C(O)c1ccc(C(=O)N2CCNC(=O)[C@H]2c2cccc(F)c2)s1. The van der Waals surface area contributed by atoms with E-state index in [9.17, 15) is 18.8 Å². The number of carboxylic acids is 1. The first kappa shape index (κ1) is 16.1. The molecular weight excluding hydrogens is 335 g/mol. The number of carbonyl (C=O) groups is 3. The van der Waals surface area contributed by atoms with Crippen LogP contribution in [0.15, 0.2) is 36.4 Å². The number of nitrogens with zero attached hydrogens (tertiary/aromatic N) is 1. The fourth-order valence-electron chi connectivity index (χ4n) is 2.60. The molecule has 1 aliphatic rings. The largest absolute Gasteiger partial charge is 0.477 e. The topological polar surface area (TPSA) is 86.7 Å². The van der Waals surface area contributed by atoms with Crippen molar-refractivity contribution in [2.45, 2.75) is 6.04 Å². The van der Waals surface area contributed by atoms with E-state index in [2.05, 4.69) is 5.32 Å². The summed E-state index contributed by atoms with van der Waals surface area (Å²) in [5, 5.41) is 11.6. The van der Waals surface area contributed by atoms with Gasteiger partial charge in [-0.05, 0) is 29.8 Å². The molecular formula is C16H13FN2O4S. The maximum Gasteiger partial charge on any atom is 0.345 e. The van der Waals surface area contributed by atoms with Gasteiger partial charge in [-0.3, -0.25) is 9.59 Å². The molecule has 0 bridgehead atoms. The summed E-state index contributed by atoms with van der Waals surface area (Å²) < 4.78 is 13.5. The Hall–Kier alpha value is -2.74. The van der Waals surface area contributed by atoms with Gasteiger partial charge < -0.3 is 15.3 Å².